The van der Waals surface area contributed by atoms with Gasteiger partial charge in [0.25, 0.3) is 0 Å². The third-order valence-corrected chi connectivity index (χ3v) is 0.618. The number of urea groups is 1. The van der Waals surface area contributed by atoms with E-state index in [1.807, 2.05) is 0 Å². The highest BCUT2D eigenvalue weighted by Gasteiger charge is 2.08. The van der Waals surface area contributed by atoms with Crippen LogP contribution in [0.15, 0.2) is 0 Å². The number of nitrogens with two attached hydrogens (primary N) is 1. The summed E-state index contributed by atoms with van der Waals surface area (Å²) in [5, 5.41) is 0. The molecule has 2 N–H and O–H groups in total. The van der Waals surface area contributed by atoms with Crippen molar-refractivity contribution in [2.45, 2.75) is 6.92 Å². The fourth-order valence-corrected chi connectivity index (χ4v) is 0.255. The van der Waals surface area contributed by atoms with Crippen molar-refractivity contribution >= 4 is 23.8 Å². The van der Waals surface area contributed by atoms with Gasteiger partial charge in [0.05, 0.1) is 11.8 Å². The predicted octanol–water partition coefficient (Wildman–Crippen LogP) is -0.001000. The highest BCUT2D eigenvalue weighted by Crippen LogP contribution is 1.93. The maximum atomic E-state index is 10.0. The van der Waals surface area contributed by atoms with Crippen LogP contribution in [0.25, 0.3) is 0 Å². The molecule has 52 valence electrons. The standard InChI is InChI=1S/C3H5ClN2O3/c1-2(7)9-6(4)3(5)8/h1H3,(H2,5,8). The van der Waals surface area contributed by atoms with E-state index in [9.17, 15) is 9.59 Å². The number of nitrogens with zero attached hydrogens (tertiary/aromatic N) is 1. The van der Waals surface area contributed by atoms with Gasteiger partial charge in [0.15, 0.2) is 0 Å². The summed E-state index contributed by atoms with van der Waals surface area (Å²) >= 11 is 4.93. The Balaban J connectivity index is 3.63. The second-order valence-corrected chi connectivity index (χ2v) is 1.47. The fourth-order valence-electron chi connectivity index (χ4n) is 0.158. The molecule has 0 saturated heterocycles. The van der Waals surface area contributed by atoms with E-state index in [1.54, 1.807) is 0 Å². The molecule has 0 bridgehead atoms. The molecule has 0 saturated carbocycles. The Bertz CT molecular complexity index is 137. The summed E-state index contributed by atoms with van der Waals surface area (Å²) in [6.07, 6.45) is 0. The average Bonchev–Trinajstić information content (AvgIpc) is 1.63. The van der Waals surface area contributed by atoms with Crippen molar-refractivity contribution in [1.29, 1.82) is 0 Å². The minimum atomic E-state index is -1.04. The molecular formula is C3H5ClN2O3. The van der Waals surface area contributed by atoms with Gasteiger partial charge in [-0.1, -0.05) is 4.58 Å². The van der Waals surface area contributed by atoms with Gasteiger partial charge in [-0.25, -0.2) is 9.59 Å². The molecule has 6 heteroatoms. The van der Waals surface area contributed by atoms with Crippen molar-refractivity contribution in [3.05, 3.63) is 0 Å². The number of hydroxylamine groups is 1. The van der Waals surface area contributed by atoms with E-state index in [1.165, 1.54) is 0 Å². The minimum Gasteiger partial charge on any atom is -0.348 e. The number of hydrogen-bond donors (Lipinski definition) is 1. The van der Waals surface area contributed by atoms with E-state index in [0.29, 0.717) is 0 Å². The quantitative estimate of drug-likeness (QED) is 0.392. The van der Waals surface area contributed by atoms with Gasteiger partial charge in [0.2, 0.25) is 0 Å². The van der Waals surface area contributed by atoms with Gasteiger partial charge in [-0.2, -0.15) is 0 Å². The van der Waals surface area contributed by atoms with E-state index >= 15 is 0 Å². The number of rotatable bonds is 0. The zero-order valence-corrected chi connectivity index (χ0v) is 5.38. The molecule has 0 aliphatic carbocycles. The molecule has 0 aromatic heterocycles. The van der Waals surface area contributed by atoms with Crippen LogP contribution < -0.4 is 5.73 Å². The molecule has 0 aliphatic heterocycles. The van der Waals surface area contributed by atoms with Crippen LogP contribution in [-0.2, 0) is 9.63 Å². The van der Waals surface area contributed by atoms with Gasteiger partial charge < -0.3 is 10.6 Å². The molecule has 2 amide bonds. The first-order valence-electron chi connectivity index (χ1n) is 1.98. The second-order valence-electron chi connectivity index (χ2n) is 1.17. The molecule has 0 fully saturated rings. The van der Waals surface area contributed by atoms with Crippen LogP contribution in [0.2, 0.25) is 0 Å². The van der Waals surface area contributed by atoms with Gasteiger partial charge in [-0.3, -0.25) is 0 Å². The lowest BCUT2D eigenvalue weighted by Crippen LogP contribution is -2.29. The number of amides is 2. The maximum absolute atomic E-state index is 10.0. The van der Waals surface area contributed by atoms with Crippen LogP contribution >= 0.6 is 11.8 Å². The Morgan fingerprint density at radius 2 is 2.11 bits per heavy atom. The predicted molar refractivity (Wildman–Crippen MR) is 29.0 cm³/mol. The van der Waals surface area contributed by atoms with Crippen LogP contribution in [0.1, 0.15) is 6.92 Å². The summed E-state index contributed by atoms with van der Waals surface area (Å²) in [5.41, 5.74) is 4.56. The molecule has 0 aromatic carbocycles. The summed E-state index contributed by atoms with van der Waals surface area (Å²) < 4.78 is 0.127. The summed E-state index contributed by atoms with van der Waals surface area (Å²) in [7, 11) is 0. The topological polar surface area (TPSA) is 72.6 Å². The van der Waals surface area contributed by atoms with Crippen LogP contribution in [0.3, 0.4) is 0 Å². The molecule has 0 aliphatic rings. The molecule has 9 heavy (non-hydrogen) atoms. The summed E-state index contributed by atoms with van der Waals surface area (Å²) in [5.74, 6) is -0.705. The highest BCUT2D eigenvalue weighted by molar-refractivity contribution is 6.20. The zero-order valence-electron chi connectivity index (χ0n) is 4.63. The Hall–Kier alpha value is -0.970. The molecule has 0 atom stereocenters. The van der Waals surface area contributed by atoms with Crippen molar-refractivity contribution in [3.63, 3.8) is 0 Å². The maximum Gasteiger partial charge on any atom is 0.363 e. The van der Waals surface area contributed by atoms with Gasteiger partial charge in [-0.05, 0) is 0 Å². The molecule has 0 rings (SSSR count). The van der Waals surface area contributed by atoms with Crippen LogP contribution in [-0.4, -0.2) is 16.6 Å². The van der Waals surface area contributed by atoms with Gasteiger partial charge in [0, 0.05) is 6.92 Å². The first-order chi connectivity index (χ1) is 4.04. The first-order valence-corrected chi connectivity index (χ1v) is 2.31. The monoisotopic (exact) mass is 152 g/mol. The third-order valence-electron chi connectivity index (χ3n) is 0.382. The molecule has 0 heterocycles. The summed E-state index contributed by atoms with van der Waals surface area (Å²) in [6.45, 7) is 1.10. The number of primary amides is 1. The van der Waals surface area contributed by atoms with E-state index in [-0.39, 0.29) is 4.58 Å². The molecule has 0 spiro atoms. The average molecular weight is 153 g/mol. The number of hydrogen-bond acceptors (Lipinski definition) is 3. The molecule has 0 aromatic rings. The minimum absolute atomic E-state index is 0.127. The van der Waals surface area contributed by atoms with Gasteiger partial charge >= 0.3 is 12.0 Å². The Morgan fingerprint density at radius 1 is 1.67 bits per heavy atom. The lowest BCUT2D eigenvalue weighted by atomic mass is 10.8. The fraction of sp³-hybridized carbons (Fsp3) is 0.333. The number of carbonyl (C=O) groups is 2. The van der Waals surface area contributed by atoms with Crippen molar-refractivity contribution in [1.82, 2.24) is 4.58 Å². The highest BCUT2D eigenvalue weighted by atomic mass is 35.5. The smallest absolute Gasteiger partial charge is 0.348 e. The molecule has 5 nitrogen and oxygen atoms in total. The normalized spacial score (nSPS) is 8.22. The summed E-state index contributed by atoms with van der Waals surface area (Å²) in [4.78, 5) is 24.0. The lowest BCUT2D eigenvalue weighted by molar-refractivity contribution is -0.159. The largest absolute Gasteiger partial charge is 0.363 e. The van der Waals surface area contributed by atoms with Crippen molar-refractivity contribution < 1.29 is 14.4 Å². The van der Waals surface area contributed by atoms with E-state index in [4.69, 9.17) is 11.8 Å². The molecule has 0 radical (unpaired) electrons. The first kappa shape index (κ1) is 8.03. The number of carbonyl (C=O) groups excluding carboxylic acids is 2. The SMILES string of the molecule is CC(=O)ON(Cl)C(N)=O. The van der Waals surface area contributed by atoms with E-state index < -0.39 is 12.0 Å². The Morgan fingerprint density at radius 3 is 2.22 bits per heavy atom. The van der Waals surface area contributed by atoms with E-state index in [2.05, 4.69) is 10.6 Å². The van der Waals surface area contributed by atoms with Gasteiger partial charge in [0.1, 0.15) is 0 Å². The zero-order chi connectivity index (χ0) is 7.44. The van der Waals surface area contributed by atoms with Gasteiger partial charge in [-0.15, -0.1) is 0 Å². The third kappa shape index (κ3) is 3.60. The Kier molecular flexibility index (Phi) is 2.80. The van der Waals surface area contributed by atoms with E-state index in [0.717, 1.165) is 6.92 Å². The summed E-state index contributed by atoms with van der Waals surface area (Å²) in [6, 6.07) is -1.04. The lowest BCUT2D eigenvalue weighted by Gasteiger charge is -2.06. The van der Waals surface area contributed by atoms with Crippen LogP contribution in [0, 0.1) is 0 Å². The van der Waals surface area contributed by atoms with Crippen molar-refractivity contribution in [3.8, 4) is 0 Å². The van der Waals surface area contributed by atoms with Crippen molar-refractivity contribution in [2.75, 3.05) is 0 Å². The molecule has 0 unspecified atom stereocenters. The molecular weight excluding hydrogens is 147 g/mol. The van der Waals surface area contributed by atoms with Crippen molar-refractivity contribution in [2.24, 2.45) is 5.73 Å². The van der Waals surface area contributed by atoms with Crippen LogP contribution in [0.4, 0.5) is 4.79 Å². The second kappa shape index (κ2) is 3.13. The Labute approximate surface area is 56.4 Å². The van der Waals surface area contributed by atoms with Crippen LogP contribution in [0.5, 0.6) is 0 Å². The number of halogens is 1.